The van der Waals surface area contributed by atoms with E-state index in [0.29, 0.717) is 6.79 Å². The van der Waals surface area contributed by atoms with Gasteiger partial charge in [0.2, 0.25) is 6.79 Å². The fourth-order valence-corrected chi connectivity index (χ4v) is 2.92. The van der Waals surface area contributed by atoms with Gasteiger partial charge in [-0.25, -0.2) is 0 Å². The van der Waals surface area contributed by atoms with Gasteiger partial charge in [0.1, 0.15) is 5.75 Å². The normalized spacial score (nSPS) is 16.2. The summed E-state index contributed by atoms with van der Waals surface area (Å²) in [5, 5.41) is 3.56. The standard InChI is InChI=1S/C18H19NO3/c1-12(14-3-5-17-18(9-14)22-11-21-17)19-10-13-2-4-16-15(8-13)6-7-20-16/h2-5,8-9,12,19H,6-7,10-11H2,1H3. The molecule has 1 unspecified atom stereocenters. The lowest BCUT2D eigenvalue weighted by Crippen LogP contribution is -2.18. The van der Waals surface area contributed by atoms with Crippen molar-refractivity contribution in [3.8, 4) is 17.2 Å². The maximum atomic E-state index is 5.54. The summed E-state index contributed by atoms with van der Waals surface area (Å²) in [7, 11) is 0. The molecule has 22 heavy (non-hydrogen) atoms. The van der Waals surface area contributed by atoms with Crippen LogP contribution in [0.4, 0.5) is 0 Å². The Morgan fingerprint density at radius 3 is 2.82 bits per heavy atom. The van der Waals surface area contributed by atoms with Gasteiger partial charge >= 0.3 is 0 Å². The van der Waals surface area contributed by atoms with E-state index in [9.17, 15) is 0 Å². The molecular formula is C18H19NO3. The highest BCUT2D eigenvalue weighted by atomic mass is 16.7. The maximum absolute atomic E-state index is 5.54. The molecule has 0 fully saturated rings. The Bertz CT molecular complexity index is 699. The molecule has 1 N–H and O–H groups in total. The third-order valence-electron chi connectivity index (χ3n) is 4.26. The molecule has 4 heteroatoms. The van der Waals surface area contributed by atoms with Crippen molar-refractivity contribution >= 4 is 0 Å². The molecule has 4 nitrogen and oxygen atoms in total. The smallest absolute Gasteiger partial charge is 0.231 e. The monoisotopic (exact) mass is 297 g/mol. The first-order chi connectivity index (χ1) is 10.8. The van der Waals surface area contributed by atoms with Gasteiger partial charge in [-0.1, -0.05) is 18.2 Å². The Balaban J connectivity index is 1.43. The summed E-state index contributed by atoms with van der Waals surface area (Å²) in [5.74, 6) is 2.70. The molecule has 0 spiro atoms. The predicted molar refractivity (Wildman–Crippen MR) is 83.5 cm³/mol. The summed E-state index contributed by atoms with van der Waals surface area (Å²) in [6.07, 6.45) is 1.01. The van der Waals surface area contributed by atoms with Crippen LogP contribution in [0.1, 0.15) is 29.7 Å². The van der Waals surface area contributed by atoms with Gasteiger partial charge in [0, 0.05) is 19.0 Å². The van der Waals surface area contributed by atoms with Crippen LogP contribution >= 0.6 is 0 Å². The summed E-state index contributed by atoms with van der Waals surface area (Å²) in [4.78, 5) is 0. The zero-order chi connectivity index (χ0) is 14.9. The Morgan fingerprint density at radius 2 is 1.86 bits per heavy atom. The first-order valence-electron chi connectivity index (χ1n) is 7.67. The minimum Gasteiger partial charge on any atom is -0.493 e. The van der Waals surface area contributed by atoms with Crippen LogP contribution in [0.3, 0.4) is 0 Å². The van der Waals surface area contributed by atoms with Crippen molar-refractivity contribution in [3.05, 3.63) is 53.1 Å². The summed E-state index contributed by atoms with van der Waals surface area (Å²) in [6, 6.07) is 12.8. The lowest BCUT2D eigenvalue weighted by Gasteiger charge is -2.15. The van der Waals surface area contributed by atoms with Crippen LogP contribution in [-0.4, -0.2) is 13.4 Å². The highest BCUT2D eigenvalue weighted by Crippen LogP contribution is 2.34. The molecule has 0 saturated carbocycles. The van der Waals surface area contributed by atoms with Crippen molar-refractivity contribution in [2.45, 2.75) is 25.9 Å². The van der Waals surface area contributed by atoms with Crippen molar-refractivity contribution in [1.29, 1.82) is 0 Å². The zero-order valence-corrected chi connectivity index (χ0v) is 12.6. The molecule has 0 saturated heterocycles. The molecule has 2 aliphatic rings. The van der Waals surface area contributed by atoms with Crippen LogP contribution in [0.25, 0.3) is 0 Å². The average Bonchev–Trinajstić information content (AvgIpc) is 3.19. The maximum Gasteiger partial charge on any atom is 0.231 e. The third-order valence-corrected chi connectivity index (χ3v) is 4.26. The number of ether oxygens (including phenoxy) is 3. The highest BCUT2D eigenvalue weighted by molar-refractivity contribution is 5.45. The first-order valence-corrected chi connectivity index (χ1v) is 7.67. The van der Waals surface area contributed by atoms with Gasteiger partial charge in [0.25, 0.3) is 0 Å². The van der Waals surface area contributed by atoms with Gasteiger partial charge in [-0.2, -0.15) is 0 Å². The lowest BCUT2D eigenvalue weighted by molar-refractivity contribution is 0.174. The van der Waals surface area contributed by atoms with E-state index in [1.54, 1.807) is 0 Å². The topological polar surface area (TPSA) is 39.7 Å². The Hall–Kier alpha value is -2.20. The number of benzene rings is 2. The molecular weight excluding hydrogens is 278 g/mol. The molecule has 0 bridgehead atoms. The van der Waals surface area contributed by atoms with E-state index >= 15 is 0 Å². The van der Waals surface area contributed by atoms with Crippen LogP contribution in [-0.2, 0) is 13.0 Å². The minimum absolute atomic E-state index is 0.249. The predicted octanol–water partition coefficient (Wildman–Crippen LogP) is 3.20. The van der Waals surface area contributed by atoms with E-state index in [1.807, 2.05) is 6.07 Å². The van der Waals surface area contributed by atoms with E-state index in [2.05, 4.69) is 42.6 Å². The number of hydrogen-bond donors (Lipinski definition) is 1. The average molecular weight is 297 g/mol. The summed E-state index contributed by atoms with van der Waals surface area (Å²) >= 11 is 0. The molecule has 0 aromatic heterocycles. The number of nitrogens with one attached hydrogen (secondary N) is 1. The molecule has 114 valence electrons. The fourth-order valence-electron chi connectivity index (χ4n) is 2.92. The van der Waals surface area contributed by atoms with Crippen LogP contribution in [0, 0.1) is 0 Å². The van der Waals surface area contributed by atoms with Gasteiger partial charge < -0.3 is 19.5 Å². The van der Waals surface area contributed by atoms with E-state index < -0.39 is 0 Å². The Labute approximate surface area is 130 Å². The zero-order valence-electron chi connectivity index (χ0n) is 12.6. The van der Waals surface area contributed by atoms with Crippen molar-refractivity contribution < 1.29 is 14.2 Å². The van der Waals surface area contributed by atoms with Gasteiger partial charge in [-0.05, 0) is 41.8 Å². The summed E-state index contributed by atoms with van der Waals surface area (Å²) in [5.41, 5.74) is 3.81. The Kier molecular flexibility index (Phi) is 3.39. The van der Waals surface area contributed by atoms with E-state index in [-0.39, 0.29) is 6.04 Å². The molecule has 2 aromatic carbocycles. The van der Waals surface area contributed by atoms with Crippen molar-refractivity contribution in [2.24, 2.45) is 0 Å². The fraction of sp³-hybridized carbons (Fsp3) is 0.333. The largest absolute Gasteiger partial charge is 0.493 e. The van der Waals surface area contributed by atoms with Crippen molar-refractivity contribution in [1.82, 2.24) is 5.32 Å². The van der Waals surface area contributed by atoms with E-state index in [0.717, 1.165) is 36.8 Å². The van der Waals surface area contributed by atoms with Crippen LogP contribution in [0.5, 0.6) is 17.2 Å². The first kappa shape index (κ1) is 13.5. The van der Waals surface area contributed by atoms with Crippen LogP contribution in [0.15, 0.2) is 36.4 Å². The molecule has 4 rings (SSSR count). The van der Waals surface area contributed by atoms with Gasteiger partial charge in [-0.3, -0.25) is 0 Å². The number of hydrogen-bond acceptors (Lipinski definition) is 4. The number of fused-ring (bicyclic) bond motifs is 2. The second-order valence-electron chi connectivity index (χ2n) is 5.76. The van der Waals surface area contributed by atoms with Crippen molar-refractivity contribution in [2.75, 3.05) is 13.4 Å². The second-order valence-corrected chi connectivity index (χ2v) is 5.76. The highest BCUT2D eigenvalue weighted by Gasteiger charge is 2.16. The molecule has 0 aliphatic carbocycles. The van der Waals surface area contributed by atoms with E-state index in [4.69, 9.17) is 14.2 Å². The molecule has 2 heterocycles. The lowest BCUT2D eigenvalue weighted by atomic mass is 10.1. The SMILES string of the molecule is CC(NCc1ccc2c(c1)CCO2)c1ccc2c(c1)OCO2. The van der Waals surface area contributed by atoms with Gasteiger partial charge in [0.15, 0.2) is 11.5 Å². The third kappa shape index (κ3) is 2.50. The van der Waals surface area contributed by atoms with Crippen molar-refractivity contribution in [3.63, 3.8) is 0 Å². The molecule has 0 radical (unpaired) electrons. The van der Waals surface area contributed by atoms with Gasteiger partial charge in [-0.15, -0.1) is 0 Å². The van der Waals surface area contributed by atoms with Crippen LogP contribution in [0.2, 0.25) is 0 Å². The Morgan fingerprint density at radius 1 is 1.00 bits per heavy atom. The quantitative estimate of drug-likeness (QED) is 0.940. The molecule has 1 atom stereocenters. The molecule has 2 aliphatic heterocycles. The van der Waals surface area contributed by atoms with Gasteiger partial charge in [0.05, 0.1) is 6.61 Å². The molecule has 0 amide bonds. The van der Waals surface area contributed by atoms with E-state index in [1.165, 1.54) is 16.7 Å². The summed E-state index contributed by atoms with van der Waals surface area (Å²) in [6.45, 7) is 4.12. The number of rotatable bonds is 4. The second kappa shape index (κ2) is 5.54. The molecule has 2 aromatic rings. The van der Waals surface area contributed by atoms with Crippen LogP contribution < -0.4 is 19.5 Å². The minimum atomic E-state index is 0.249. The summed E-state index contributed by atoms with van der Waals surface area (Å²) < 4.78 is 16.3.